The maximum absolute atomic E-state index is 13.7. The third-order valence-corrected chi connectivity index (χ3v) is 7.40. The van der Waals surface area contributed by atoms with Gasteiger partial charge in [0.2, 0.25) is 11.8 Å². The molecule has 1 rings (SSSR count). The normalized spacial score (nSPS) is 20.4. The van der Waals surface area contributed by atoms with Crippen LogP contribution >= 0.6 is 0 Å². The first kappa shape index (κ1) is 53.7. The van der Waals surface area contributed by atoms with Gasteiger partial charge in [0.25, 0.3) is 24.2 Å². The van der Waals surface area contributed by atoms with Gasteiger partial charge in [-0.2, -0.15) is 22.0 Å². The molecule has 1 aliphatic heterocycles. The van der Waals surface area contributed by atoms with Crippen molar-refractivity contribution in [2.75, 3.05) is 27.9 Å². The highest BCUT2D eigenvalue weighted by atomic mass is 19.4. The van der Waals surface area contributed by atoms with Gasteiger partial charge in [-0.15, -0.1) is 0 Å². The van der Waals surface area contributed by atoms with E-state index in [2.05, 4.69) is 9.47 Å². The summed E-state index contributed by atoms with van der Waals surface area (Å²) in [6, 6.07) is 0. The van der Waals surface area contributed by atoms with Crippen LogP contribution in [0.5, 0.6) is 0 Å². The Kier molecular flexibility index (Phi) is 22.7. The molecule has 1 aliphatic rings. The maximum atomic E-state index is 13.7. The first-order valence-electron chi connectivity index (χ1n) is 15.9. The average molecular weight is 823 g/mol. The summed E-state index contributed by atoms with van der Waals surface area (Å²) in [5, 5.41) is 26.8. The molecule has 0 bridgehead atoms. The van der Waals surface area contributed by atoms with Crippen LogP contribution in [0.4, 0.5) is 65.9 Å². The van der Waals surface area contributed by atoms with Gasteiger partial charge >= 0.3 is 12.1 Å². The van der Waals surface area contributed by atoms with Crippen LogP contribution in [0, 0.1) is 0 Å². The smallest absolute Gasteiger partial charge is 0.391 e. The first-order valence-corrected chi connectivity index (χ1v) is 15.9. The number of methoxy groups -OCH3 is 3. The highest BCUT2D eigenvalue weighted by molar-refractivity contribution is 4.87. The number of rotatable bonds is 21. The molecular weight excluding hydrogens is 773 g/mol. The Labute approximate surface area is 297 Å². The van der Waals surface area contributed by atoms with Gasteiger partial charge in [0, 0.05) is 59.9 Å². The summed E-state index contributed by atoms with van der Waals surface area (Å²) in [4.78, 5) is 0. The molecular formula is C30H49F15O8. The monoisotopic (exact) mass is 822 g/mol. The van der Waals surface area contributed by atoms with Crippen molar-refractivity contribution in [3.8, 4) is 0 Å². The Balaban J connectivity index is 0. The van der Waals surface area contributed by atoms with Gasteiger partial charge in [0.15, 0.2) is 6.29 Å². The molecule has 1 heterocycles. The molecule has 0 aliphatic carbocycles. The maximum Gasteiger partial charge on any atom is 0.453 e. The van der Waals surface area contributed by atoms with Gasteiger partial charge in [-0.1, -0.05) is 13.8 Å². The quantitative estimate of drug-likeness (QED) is 0.0785. The van der Waals surface area contributed by atoms with E-state index in [1.807, 2.05) is 0 Å². The summed E-state index contributed by atoms with van der Waals surface area (Å²) < 4.78 is 217. The summed E-state index contributed by atoms with van der Waals surface area (Å²) in [5.74, 6) is -23.7. The molecule has 0 aromatic rings. The fourth-order valence-electron chi connectivity index (χ4n) is 4.30. The third-order valence-electron chi connectivity index (χ3n) is 7.40. The van der Waals surface area contributed by atoms with E-state index in [9.17, 15) is 76.1 Å². The van der Waals surface area contributed by atoms with Crippen molar-refractivity contribution in [2.45, 2.75) is 164 Å². The van der Waals surface area contributed by atoms with Crippen LogP contribution < -0.4 is 0 Å². The summed E-state index contributed by atoms with van der Waals surface area (Å²) in [6.45, 7) is 1.46. The Morgan fingerprint density at radius 2 is 1.11 bits per heavy atom. The second-order valence-corrected chi connectivity index (χ2v) is 12.3. The lowest BCUT2D eigenvalue weighted by atomic mass is 9.97. The molecule has 0 radical (unpaired) electrons. The topological polar surface area (TPSA) is 107 Å². The molecule has 0 aromatic carbocycles. The van der Waals surface area contributed by atoms with Crippen molar-refractivity contribution in [3.63, 3.8) is 0 Å². The van der Waals surface area contributed by atoms with E-state index in [0.717, 1.165) is 6.92 Å². The zero-order valence-electron chi connectivity index (χ0n) is 29.8. The average Bonchev–Trinajstić information content (AvgIpc) is 3.38. The van der Waals surface area contributed by atoms with Crippen LogP contribution in [0.3, 0.4) is 0 Å². The number of hydrogen-bond acceptors (Lipinski definition) is 8. The Bertz CT molecular complexity index is 975. The molecule has 0 amide bonds. The molecule has 3 N–H and O–H groups in total. The van der Waals surface area contributed by atoms with E-state index in [0.29, 0.717) is 6.92 Å². The fourth-order valence-corrected chi connectivity index (χ4v) is 4.30. The number of halogens is 15. The molecule has 1 fully saturated rings. The molecule has 5 atom stereocenters. The first-order chi connectivity index (χ1) is 23.7. The van der Waals surface area contributed by atoms with Crippen LogP contribution in [0.25, 0.3) is 0 Å². The molecule has 5 unspecified atom stereocenters. The van der Waals surface area contributed by atoms with Crippen LogP contribution in [0.1, 0.15) is 85.0 Å². The minimum Gasteiger partial charge on any atom is -0.391 e. The minimum atomic E-state index is -6.19. The van der Waals surface area contributed by atoms with Gasteiger partial charge in [-0.05, 0) is 19.8 Å². The molecule has 0 saturated carbocycles. The molecule has 322 valence electrons. The second kappa shape index (κ2) is 22.4. The molecule has 1 saturated heterocycles. The molecule has 23 heteroatoms. The van der Waals surface area contributed by atoms with Crippen molar-refractivity contribution >= 4 is 0 Å². The second-order valence-electron chi connectivity index (χ2n) is 12.3. The minimum absolute atomic E-state index is 0.0903. The Morgan fingerprint density at radius 3 is 1.49 bits per heavy atom. The summed E-state index contributed by atoms with van der Waals surface area (Å²) in [6.07, 6.45) is -24.6. The summed E-state index contributed by atoms with van der Waals surface area (Å²) in [7, 11) is 4.15. The Morgan fingerprint density at radius 1 is 0.642 bits per heavy atom. The van der Waals surface area contributed by atoms with Crippen molar-refractivity contribution in [1.82, 2.24) is 0 Å². The molecule has 8 nitrogen and oxygen atoms in total. The zero-order valence-corrected chi connectivity index (χ0v) is 29.8. The van der Waals surface area contributed by atoms with Crippen molar-refractivity contribution in [1.29, 1.82) is 0 Å². The fraction of sp³-hybridized carbons (Fsp3) is 1.00. The van der Waals surface area contributed by atoms with Crippen LogP contribution in [-0.4, -0.2) is 122 Å². The van der Waals surface area contributed by atoms with Crippen molar-refractivity contribution in [3.05, 3.63) is 0 Å². The van der Waals surface area contributed by atoms with Gasteiger partial charge in [0.05, 0.1) is 43.9 Å². The predicted octanol–water partition coefficient (Wildman–Crippen LogP) is 8.34. The standard InChI is InChI=1S/C14H22F6O3.C12H17F9O2.C4H10O3/c1-4-13(17,18)6-5-9-10(23-11(21-3)22-9)7-14(19,20)8-12(2,15)16;1-2-9(13,14)4-3-7(22)8(23)5-10(15,16)6-11(17,18)12(19,20)21;1-6-4(3-5)7-2/h9-11H,4-8H2,1-3H3;7-8,22-23H,2-6H2,1H3;4-5H,3H2,1-2H3. The highest BCUT2D eigenvalue weighted by Gasteiger charge is 2.62. The van der Waals surface area contributed by atoms with E-state index in [1.54, 1.807) is 0 Å². The third kappa shape index (κ3) is 23.3. The zero-order chi connectivity index (χ0) is 42.3. The van der Waals surface area contributed by atoms with E-state index >= 15 is 0 Å². The van der Waals surface area contributed by atoms with Crippen molar-refractivity contribution in [2.24, 2.45) is 0 Å². The van der Waals surface area contributed by atoms with E-state index < -0.39 is 137 Å². The van der Waals surface area contributed by atoms with Crippen molar-refractivity contribution < 1.29 is 105 Å². The highest BCUT2D eigenvalue weighted by Crippen LogP contribution is 2.44. The molecule has 53 heavy (non-hydrogen) atoms. The van der Waals surface area contributed by atoms with Crippen LogP contribution in [0.15, 0.2) is 0 Å². The molecule has 0 aromatic heterocycles. The van der Waals surface area contributed by atoms with Gasteiger partial charge in [-0.25, -0.2) is 43.9 Å². The van der Waals surface area contributed by atoms with Crippen LogP contribution in [0.2, 0.25) is 0 Å². The molecule has 0 spiro atoms. The lowest BCUT2D eigenvalue weighted by Gasteiger charge is -2.28. The number of ether oxygens (including phenoxy) is 5. The lowest BCUT2D eigenvalue weighted by Crippen LogP contribution is -2.44. The number of alkyl halides is 15. The predicted molar refractivity (Wildman–Crippen MR) is 156 cm³/mol. The van der Waals surface area contributed by atoms with E-state index in [-0.39, 0.29) is 13.0 Å². The number of hydrogen-bond donors (Lipinski definition) is 3. The SMILES string of the molecule is CCC(F)(F)CCC(O)C(O)CC(F)(F)CC(F)(F)C(F)(F)F.CCC(F)(F)CCC1OC(OC)OC1CC(F)(F)CC(C)(F)F.COC(CO)OC. The lowest BCUT2D eigenvalue weighted by molar-refractivity contribution is -0.302. The summed E-state index contributed by atoms with van der Waals surface area (Å²) >= 11 is 0. The van der Waals surface area contributed by atoms with Crippen LogP contribution in [-0.2, 0) is 23.7 Å². The number of aliphatic hydroxyl groups excluding tert-OH is 3. The van der Waals surface area contributed by atoms with Gasteiger partial charge < -0.3 is 39.0 Å². The van der Waals surface area contributed by atoms with E-state index in [4.69, 9.17) is 19.3 Å². The summed E-state index contributed by atoms with van der Waals surface area (Å²) in [5.41, 5.74) is 0. The van der Waals surface area contributed by atoms with Gasteiger partial charge in [0.1, 0.15) is 0 Å². The van der Waals surface area contributed by atoms with E-state index in [1.165, 1.54) is 28.3 Å². The largest absolute Gasteiger partial charge is 0.453 e. The van der Waals surface area contributed by atoms with Gasteiger partial charge in [-0.3, -0.25) is 0 Å². The Hall–Kier alpha value is -1.37. The number of aliphatic hydroxyl groups is 3.